The number of hydrogen-bond acceptors (Lipinski definition) is 6. The number of amides is 3. The molecule has 9 heteroatoms. The van der Waals surface area contributed by atoms with Crippen molar-refractivity contribution in [3.8, 4) is 5.88 Å². The monoisotopic (exact) mass is 451 g/mol. The van der Waals surface area contributed by atoms with Gasteiger partial charge in [0.25, 0.3) is 11.8 Å². The number of carbonyl (C=O) groups is 3. The summed E-state index contributed by atoms with van der Waals surface area (Å²) in [6, 6.07) is 3.42. The largest absolute Gasteiger partial charge is 0.477 e. The second kappa shape index (κ2) is 9.56. The highest BCUT2D eigenvalue weighted by molar-refractivity contribution is 6.03. The van der Waals surface area contributed by atoms with Crippen LogP contribution in [0.2, 0.25) is 0 Å². The maximum absolute atomic E-state index is 13.1. The van der Waals surface area contributed by atoms with Gasteiger partial charge in [-0.05, 0) is 50.3 Å². The topological polar surface area (TPSA) is 114 Å². The highest BCUT2D eigenvalue weighted by Crippen LogP contribution is 2.34. The van der Waals surface area contributed by atoms with Crippen molar-refractivity contribution < 1.29 is 19.1 Å². The van der Waals surface area contributed by atoms with Crippen molar-refractivity contribution in [2.45, 2.75) is 46.2 Å². The minimum atomic E-state index is -0.366. The summed E-state index contributed by atoms with van der Waals surface area (Å²) in [6.07, 6.45) is 5.67. The van der Waals surface area contributed by atoms with Crippen molar-refractivity contribution in [1.29, 1.82) is 0 Å². The molecule has 9 nitrogen and oxygen atoms in total. The molecule has 33 heavy (non-hydrogen) atoms. The Hall–Kier alpha value is -3.49. The van der Waals surface area contributed by atoms with Gasteiger partial charge >= 0.3 is 0 Å². The molecule has 1 saturated carbocycles. The fourth-order valence-electron chi connectivity index (χ4n) is 3.88. The van der Waals surface area contributed by atoms with Crippen LogP contribution in [0.25, 0.3) is 0 Å². The number of nitrogens with zero attached hydrogens (tertiary/aromatic N) is 3. The van der Waals surface area contributed by atoms with E-state index in [1.54, 1.807) is 17.2 Å². The third-order valence-corrected chi connectivity index (χ3v) is 6.03. The van der Waals surface area contributed by atoms with Crippen LogP contribution in [0.5, 0.6) is 5.88 Å². The Morgan fingerprint density at radius 1 is 1.24 bits per heavy atom. The van der Waals surface area contributed by atoms with E-state index in [1.807, 2.05) is 19.9 Å². The average molecular weight is 452 g/mol. The molecule has 1 aliphatic heterocycles. The molecule has 3 heterocycles. The van der Waals surface area contributed by atoms with Gasteiger partial charge in [-0.1, -0.05) is 0 Å². The molecule has 2 aromatic rings. The van der Waals surface area contributed by atoms with E-state index in [4.69, 9.17) is 4.74 Å². The quantitative estimate of drug-likeness (QED) is 0.565. The summed E-state index contributed by atoms with van der Waals surface area (Å²) >= 11 is 0. The first-order valence-corrected chi connectivity index (χ1v) is 11.3. The second-order valence-corrected chi connectivity index (χ2v) is 8.68. The molecule has 1 atom stereocenters. The summed E-state index contributed by atoms with van der Waals surface area (Å²) in [5, 5.41) is 5.37. The van der Waals surface area contributed by atoms with Crippen LogP contribution >= 0.6 is 0 Å². The molecule has 0 aromatic carbocycles. The fourth-order valence-corrected chi connectivity index (χ4v) is 3.88. The van der Waals surface area contributed by atoms with Crippen LogP contribution in [0.15, 0.2) is 24.5 Å². The smallest absolute Gasteiger partial charge is 0.270 e. The number of ether oxygens (including phenoxy) is 1. The lowest BCUT2D eigenvalue weighted by Crippen LogP contribution is -2.34. The van der Waals surface area contributed by atoms with E-state index in [2.05, 4.69) is 20.6 Å². The molecular formula is C24H29N5O4. The molecule has 0 radical (unpaired) electrons. The lowest BCUT2D eigenvalue weighted by Gasteiger charge is -2.25. The van der Waals surface area contributed by atoms with Crippen LogP contribution < -0.4 is 15.4 Å². The fraction of sp³-hybridized carbons (Fsp3) is 0.458. The van der Waals surface area contributed by atoms with Crippen LogP contribution in [0.4, 0.5) is 0 Å². The van der Waals surface area contributed by atoms with Gasteiger partial charge in [0, 0.05) is 55.6 Å². The molecule has 2 aliphatic rings. The third-order valence-electron chi connectivity index (χ3n) is 6.03. The van der Waals surface area contributed by atoms with Gasteiger partial charge < -0.3 is 20.3 Å². The first kappa shape index (κ1) is 22.7. The number of fused-ring (bicyclic) bond motifs is 1. The van der Waals surface area contributed by atoms with Gasteiger partial charge in [-0.2, -0.15) is 0 Å². The summed E-state index contributed by atoms with van der Waals surface area (Å²) in [5.74, 6) is 0.616. The van der Waals surface area contributed by atoms with Crippen molar-refractivity contribution in [1.82, 2.24) is 25.5 Å². The van der Waals surface area contributed by atoms with Crippen LogP contribution in [0, 0.1) is 12.8 Å². The Bertz CT molecular complexity index is 1080. The molecule has 2 N–H and O–H groups in total. The Morgan fingerprint density at radius 2 is 2.00 bits per heavy atom. The molecule has 174 valence electrons. The lowest BCUT2D eigenvalue weighted by atomic mass is 10.1. The first-order valence-electron chi connectivity index (χ1n) is 11.3. The maximum atomic E-state index is 13.1. The molecule has 0 spiro atoms. The molecule has 3 amide bonds. The number of aryl methyl sites for hydroxylation is 1. The third kappa shape index (κ3) is 5.13. The van der Waals surface area contributed by atoms with Gasteiger partial charge in [0.2, 0.25) is 11.8 Å². The van der Waals surface area contributed by atoms with Crippen LogP contribution in [-0.4, -0.2) is 52.3 Å². The molecule has 1 unspecified atom stereocenters. The normalized spacial score (nSPS) is 15.7. The summed E-state index contributed by atoms with van der Waals surface area (Å²) in [7, 11) is 0. The average Bonchev–Trinajstić information content (AvgIpc) is 3.56. The molecule has 1 aliphatic carbocycles. The first-order chi connectivity index (χ1) is 15.8. The molecule has 4 rings (SSSR count). The Labute approximate surface area is 192 Å². The van der Waals surface area contributed by atoms with Gasteiger partial charge in [0.1, 0.15) is 5.69 Å². The minimum absolute atomic E-state index is 0.140. The summed E-state index contributed by atoms with van der Waals surface area (Å²) in [5.41, 5.74) is 3.17. The van der Waals surface area contributed by atoms with Crippen LogP contribution in [0.1, 0.15) is 70.3 Å². The Kier molecular flexibility index (Phi) is 6.57. The van der Waals surface area contributed by atoms with E-state index < -0.39 is 0 Å². The van der Waals surface area contributed by atoms with E-state index in [-0.39, 0.29) is 42.5 Å². The number of aromatic nitrogens is 2. The zero-order chi connectivity index (χ0) is 23.5. The predicted octanol–water partition coefficient (Wildman–Crippen LogP) is 2.16. The molecule has 2 aromatic heterocycles. The van der Waals surface area contributed by atoms with Crippen molar-refractivity contribution >= 4 is 17.7 Å². The second-order valence-electron chi connectivity index (χ2n) is 8.68. The van der Waals surface area contributed by atoms with E-state index in [1.165, 1.54) is 26.0 Å². The highest BCUT2D eigenvalue weighted by Gasteiger charge is 2.35. The van der Waals surface area contributed by atoms with Crippen molar-refractivity contribution in [3.63, 3.8) is 0 Å². The number of carbonyl (C=O) groups excluding carboxylic acids is 3. The predicted molar refractivity (Wildman–Crippen MR) is 121 cm³/mol. The summed E-state index contributed by atoms with van der Waals surface area (Å²) in [4.78, 5) is 47.2. The SMILES string of the molecule is CC(=O)NCCNC(=O)c1nccc2c1CN(C(C)c1cnc(OCC3CC3)c(C)c1)C2=O. The highest BCUT2D eigenvalue weighted by atomic mass is 16.5. The zero-order valence-corrected chi connectivity index (χ0v) is 19.2. The van der Waals surface area contributed by atoms with Gasteiger partial charge in [-0.15, -0.1) is 0 Å². The van der Waals surface area contributed by atoms with Crippen molar-refractivity contribution in [3.05, 3.63) is 52.5 Å². The van der Waals surface area contributed by atoms with Gasteiger partial charge in [-0.3, -0.25) is 19.4 Å². The van der Waals surface area contributed by atoms with Gasteiger partial charge in [0.05, 0.1) is 12.6 Å². The number of rotatable bonds is 9. The molecule has 0 bridgehead atoms. The number of hydrogen-bond donors (Lipinski definition) is 2. The lowest BCUT2D eigenvalue weighted by molar-refractivity contribution is -0.118. The molecule has 1 fully saturated rings. The van der Waals surface area contributed by atoms with E-state index in [0.29, 0.717) is 36.1 Å². The standard InChI is InChI=1S/C24H29N5O4/c1-14-10-18(11-28-23(14)33-13-17-4-5-17)15(2)29-12-20-19(24(29)32)6-7-26-21(20)22(31)27-9-8-25-16(3)30/h6-7,10-11,15,17H,4-5,8-9,12-13H2,1-3H3,(H,25,30)(H,27,31). The molecule has 0 saturated heterocycles. The van der Waals surface area contributed by atoms with E-state index >= 15 is 0 Å². The van der Waals surface area contributed by atoms with Crippen molar-refractivity contribution in [2.24, 2.45) is 5.92 Å². The minimum Gasteiger partial charge on any atom is -0.477 e. The van der Waals surface area contributed by atoms with Gasteiger partial charge in [-0.25, -0.2) is 4.98 Å². The zero-order valence-electron chi connectivity index (χ0n) is 19.2. The van der Waals surface area contributed by atoms with Gasteiger partial charge in [0.15, 0.2) is 0 Å². The number of nitrogens with one attached hydrogen (secondary N) is 2. The van der Waals surface area contributed by atoms with Crippen LogP contribution in [-0.2, 0) is 11.3 Å². The van der Waals surface area contributed by atoms with Crippen molar-refractivity contribution in [2.75, 3.05) is 19.7 Å². The van der Waals surface area contributed by atoms with Crippen LogP contribution in [0.3, 0.4) is 0 Å². The number of pyridine rings is 2. The Balaban J connectivity index is 1.45. The summed E-state index contributed by atoms with van der Waals surface area (Å²) in [6.45, 7) is 6.91. The molecular weight excluding hydrogens is 422 g/mol. The maximum Gasteiger partial charge on any atom is 0.270 e. The van der Waals surface area contributed by atoms with E-state index in [9.17, 15) is 14.4 Å². The Morgan fingerprint density at radius 3 is 2.70 bits per heavy atom. The van der Waals surface area contributed by atoms with E-state index in [0.717, 1.165) is 11.1 Å². The summed E-state index contributed by atoms with van der Waals surface area (Å²) < 4.78 is 5.82.